The van der Waals surface area contributed by atoms with E-state index in [0.717, 1.165) is 43.6 Å². The maximum Gasteiger partial charge on any atom is 0.508 e. The zero-order valence-electron chi connectivity index (χ0n) is 22.7. The highest BCUT2D eigenvalue weighted by Gasteiger charge is 2.69. The van der Waals surface area contributed by atoms with Gasteiger partial charge >= 0.3 is 6.16 Å². The van der Waals surface area contributed by atoms with Gasteiger partial charge in [-0.25, -0.2) is 4.79 Å². The van der Waals surface area contributed by atoms with Gasteiger partial charge < -0.3 is 18.9 Å². The third kappa shape index (κ3) is 3.64. The number of carbonyl (C=O) groups is 1. The lowest BCUT2D eigenvalue weighted by atomic mass is 9.44. The molecule has 35 heavy (non-hydrogen) atoms. The van der Waals surface area contributed by atoms with Crippen molar-refractivity contribution in [3.63, 3.8) is 0 Å². The summed E-state index contributed by atoms with van der Waals surface area (Å²) < 4.78 is 24.2. The Morgan fingerprint density at radius 3 is 2.49 bits per heavy atom. The second-order valence-corrected chi connectivity index (χ2v) is 13.9. The molecule has 0 aromatic carbocycles. The highest BCUT2D eigenvalue weighted by atomic mass is 16.7. The second-order valence-electron chi connectivity index (χ2n) is 13.9. The Morgan fingerprint density at radius 1 is 0.943 bits per heavy atom. The summed E-state index contributed by atoms with van der Waals surface area (Å²) in [5.74, 6) is 4.55. The van der Waals surface area contributed by atoms with Crippen molar-refractivity contribution in [2.24, 2.45) is 52.3 Å². The first-order valence-corrected chi connectivity index (χ1v) is 14.9. The topological polar surface area (TPSA) is 54.0 Å². The predicted octanol–water partition coefficient (Wildman–Crippen LogP) is 6.97. The Labute approximate surface area is 212 Å². The maximum atomic E-state index is 11.9. The van der Waals surface area contributed by atoms with E-state index in [0.29, 0.717) is 47.2 Å². The van der Waals surface area contributed by atoms with Gasteiger partial charge in [0.25, 0.3) is 0 Å². The van der Waals surface area contributed by atoms with Crippen LogP contribution in [0.2, 0.25) is 0 Å². The van der Waals surface area contributed by atoms with Crippen molar-refractivity contribution in [1.29, 1.82) is 0 Å². The van der Waals surface area contributed by atoms with Crippen LogP contribution < -0.4 is 0 Å². The largest absolute Gasteiger partial charge is 0.508 e. The normalized spacial score (nSPS) is 54.9. The van der Waals surface area contributed by atoms with Crippen LogP contribution in [0.15, 0.2) is 0 Å². The molecule has 5 heteroatoms. The molecule has 4 saturated carbocycles. The molecule has 2 saturated heterocycles. The first kappa shape index (κ1) is 24.5. The predicted molar refractivity (Wildman–Crippen MR) is 134 cm³/mol. The summed E-state index contributed by atoms with van der Waals surface area (Å²) in [7, 11) is 0. The minimum Gasteiger partial charge on any atom is -0.435 e. The summed E-state index contributed by atoms with van der Waals surface area (Å²) in [6.07, 6.45) is 12.0. The summed E-state index contributed by atoms with van der Waals surface area (Å²) >= 11 is 0. The molecule has 2 aliphatic heterocycles. The van der Waals surface area contributed by atoms with Crippen molar-refractivity contribution in [3.05, 3.63) is 0 Å². The van der Waals surface area contributed by atoms with E-state index in [1.807, 2.05) is 6.92 Å². The molecule has 0 radical (unpaired) electrons. The van der Waals surface area contributed by atoms with E-state index >= 15 is 0 Å². The van der Waals surface area contributed by atoms with Crippen molar-refractivity contribution in [1.82, 2.24) is 0 Å². The van der Waals surface area contributed by atoms with Gasteiger partial charge in [-0.15, -0.1) is 0 Å². The standard InChI is InChI=1S/C30H48O5/c1-6-32-27(31)34-21-10-12-28(4)20(15-21)7-8-22-23(28)11-13-29(5)24(22)16-25-26(29)19(3)30(35-25)14-9-18(2)17-33-30/h18-26H,6-17H2,1-5H3/t18-,19+,20?,21+,22?,23?,24?,25?,26?,28+,29+,30-/m1/s1. The highest BCUT2D eigenvalue weighted by Crippen LogP contribution is 2.71. The number of ether oxygens (including phenoxy) is 4. The maximum absolute atomic E-state index is 11.9. The van der Waals surface area contributed by atoms with Crippen LogP contribution in [0.1, 0.15) is 98.8 Å². The fraction of sp³-hybridized carbons (Fsp3) is 0.967. The molecule has 0 aromatic heterocycles. The van der Waals surface area contributed by atoms with Crippen LogP contribution in [0.25, 0.3) is 0 Å². The highest BCUT2D eigenvalue weighted by molar-refractivity contribution is 5.60. The summed E-state index contributed by atoms with van der Waals surface area (Å²) in [6.45, 7) is 13.0. The molecule has 198 valence electrons. The molecule has 1 spiro atoms. The molecule has 6 fully saturated rings. The van der Waals surface area contributed by atoms with Crippen molar-refractivity contribution in [2.45, 2.75) is 117 Å². The van der Waals surface area contributed by atoms with Gasteiger partial charge in [0.1, 0.15) is 6.10 Å². The average molecular weight is 489 g/mol. The Hall–Kier alpha value is -0.810. The first-order valence-electron chi connectivity index (χ1n) is 14.9. The lowest BCUT2D eigenvalue weighted by Crippen LogP contribution is -2.55. The van der Waals surface area contributed by atoms with E-state index < -0.39 is 6.16 Å². The smallest absolute Gasteiger partial charge is 0.435 e. The van der Waals surface area contributed by atoms with Crippen molar-refractivity contribution >= 4 is 6.16 Å². The van der Waals surface area contributed by atoms with E-state index in [1.54, 1.807) is 0 Å². The molecule has 5 nitrogen and oxygen atoms in total. The molecule has 0 N–H and O–H groups in total. The molecule has 6 aliphatic rings. The van der Waals surface area contributed by atoms with Crippen LogP contribution in [-0.4, -0.2) is 37.4 Å². The van der Waals surface area contributed by atoms with Gasteiger partial charge in [0.15, 0.2) is 5.79 Å². The Kier molecular flexibility index (Phi) is 6.03. The molecule has 4 aliphatic carbocycles. The minimum atomic E-state index is -0.482. The Bertz CT molecular complexity index is 820. The molecule has 2 heterocycles. The quantitative estimate of drug-likeness (QED) is 0.393. The fourth-order valence-electron chi connectivity index (χ4n) is 10.6. The van der Waals surface area contributed by atoms with Gasteiger partial charge in [-0.1, -0.05) is 27.7 Å². The summed E-state index contributed by atoms with van der Waals surface area (Å²) in [6, 6.07) is 0. The molecule has 12 atom stereocenters. The van der Waals surface area contributed by atoms with Gasteiger partial charge in [0.2, 0.25) is 0 Å². The van der Waals surface area contributed by atoms with E-state index in [-0.39, 0.29) is 11.9 Å². The molecular formula is C30H48O5. The van der Waals surface area contributed by atoms with E-state index in [9.17, 15) is 4.79 Å². The molecule has 6 rings (SSSR count). The van der Waals surface area contributed by atoms with Crippen molar-refractivity contribution < 1.29 is 23.7 Å². The van der Waals surface area contributed by atoms with Crippen LogP contribution in [0, 0.1) is 52.3 Å². The molecule has 6 unspecified atom stereocenters. The van der Waals surface area contributed by atoms with Gasteiger partial charge in [-0.2, -0.15) is 0 Å². The van der Waals surface area contributed by atoms with E-state index in [1.165, 1.54) is 44.9 Å². The molecule has 0 aromatic rings. The fourth-order valence-corrected chi connectivity index (χ4v) is 10.6. The third-order valence-corrected chi connectivity index (χ3v) is 12.4. The third-order valence-electron chi connectivity index (χ3n) is 12.4. The Balaban J connectivity index is 1.17. The minimum absolute atomic E-state index is 0.0343. The monoisotopic (exact) mass is 488 g/mol. The van der Waals surface area contributed by atoms with Crippen molar-refractivity contribution in [3.8, 4) is 0 Å². The van der Waals surface area contributed by atoms with Gasteiger partial charge in [0, 0.05) is 12.3 Å². The molecule has 0 amide bonds. The summed E-state index contributed by atoms with van der Waals surface area (Å²) in [5, 5.41) is 0. The SMILES string of the molecule is CCOC(=O)O[C@H]1CC[C@@]2(C)C(CCC3C2CC[C@@]2(C)C3CC3O[C@]4(CC[C@@H](C)CO4)[C@@H](C)C32)C1. The van der Waals surface area contributed by atoms with Crippen LogP contribution in [0.5, 0.6) is 0 Å². The zero-order chi connectivity index (χ0) is 24.6. The van der Waals surface area contributed by atoms with E-state index in [2.05, 4.69) is 27.7 Å². The van der Waals surface area contributed by atoms with Gasteiger partial charge in [0.05, 0.1) is 19.3 Å². The van der Waals surface area contributed by atoms with Crippen molar-refractivity contribution in [2.75, 3.05) is 13.2 Å². The first-order chi connectivity index (χ1) is 16.7. The van der Waals surface area contributed by atoms with Gasteiger partial charge in [-0.05, 0) is 111 Å². The lowest BCUT2D eigenvalue weighted by Gasteiger charge is -2.61. The number of hydrogen-bond acceptors (Lipinski definition) is 5. The average Bonchev–Trinajstić information content (AvgIpc) is 3.26. The summed E-state index contributed by atoms with van der Waals surface area (Å²) in [5.41, 5.74) is 0.765. The van der Waals surface area contributed by atoms with Crippen LogP contribution in [-0.2, 0) is 18.9 Å². The van der Waals surface area contributed by atoms with Crippen LogP contribution in [0.3, 0.4) is 0 Å². The second kappa shape index (κ2) is 8.61. The lowest BCUT2D eigenvalue weighted by molar-refractivity contribution is -0.273. The van der Waals surface area contributed by atoms with Crippen LogP contribution in [0.4, 0.5) is 4.79 Å². The molecular weight excluding hydrogens is 440 g/mol. The number of carbonyl (C=O) groups excluding carboxylic acids is 1. The summed E-state index contributed by atoms with van der Waals surface area (Å²) in [4.78, 5) is 11.9. The number of fused-ring (bicyclic) bond motifs is 7. The van der Waals surface area contributed by atoms with Crippen LogP contribution >= 0.6 is 0 Å². The van der Waals surface area contributed by atoms with E-state index in [4.69, 9.17) is 18.9 Å². The zero-order valence-corrected chi connectivity index (χ0v) is 22.7. The number of hydrogen-bond donors (Lipinski definition) is 0. The molecule has 0 bridgehead atoms. The Morgan fingerprint density at radius 2 is 1.74 bits per heavy atom. The van der Waals surface area contributed by atoms with Gasteiger partial charge in [-0.3, -0.25) is 0 Å². The number of rotatable bonds is 2.